The van der Waals surface area contributed by atoms with E-state index in [0.29, 0.717) is 11.1 Å². The third-order valence-electron chi connectivity index (χ3n) is 2.86. The van der Waals surface area contributed by atoms with Crippen LogP contribution in [0, 0.1) is 6.92 Å². The van der Waals surface area contributed by atoms with Gasteiger partial charge in [0.2, 0.25) is 5.78 Å². The summed E-state index contributed by atoms with van der Waals surface area (Å²) in [5.41, 5.74) is 1.67. The van der Waals surface area contributed by atoms with Crippen LogP contribution in [0.25, 0.3) is 0 Å². The second-order valence-electron chi connectivity index (χ2n) is 4.47. The summed E-state index contributed by atoms with van der Waals surface area (Å²) >= 11 is 0. The lowest BCUT2D eigenvalue weighted by Gasteiger charge is -2.12. The fourth-order valence-corrected chi connectivity index (χ4v) is 1.71. The molecule has 4 nitrogen and oxygen atoms in total. The van der Waals surface area contributed by atoms with Gasteiger partial charge in [0.25, 0.3) is 0 Å². The van der Waals surface area contributed by atoms with Crippen molar-refractivity contribution in [1.29, 1.82) is 0 Å². The molecule has 0 bridgehead atoms. The number of carbonyl (C=O) groups is 2. The third kappa shape index (κ3) is 3.29. The third-order valence-corrected chi connectivity index (χ3v) is 2.86. The molecular weight excluding hydrogens is 254 g/mol. The monoisotopic (exact) mass is 269 g/mol. The van der Waals surface area contributed by atoms with Gasteiger partial charge in [0.05, 0.1) is 5.56 Å². The molecule has 0 aliphatic heterocycles. The average Bonchev–Trinajstić information content (AvgIpc) is 2.48. The van der Waals surface area contributed by atoms with E-state index in [4.69, 9.17) is 4.74 Å². The molecule has 1 atom stereocenters. The van der Waals surface area contributed by atoms with Crippen molar-refractivity contribution < 1.29 is 14.3 Å². The van der Waals surface area contributed by atoms with Crippen LogP contribution in [0.4, 0.5) is 0 Å². The molecule has 0 saturated heterocycles. The summed E-state index contributed by atoms with van der Waals surface area (Å²) in [4.78, 5) is 28.0. The second-order valence-corrected chi connectivity index (χ2v) is 4.47. The highest BCUT2D eigenvalue weighted by Crippen LogP contribution is 2.09. The van der Waals surface area contributed by atoms with Crippen LogP contribution in [0.5, 0.6) is 0 Å². The van der Waals surface area contributed by atoms with E-state index in [9.17, 15) is 9.59 Å². The smallest absolute Gasteiger partial charge is 0.340 e. The van der Waals surface area contributed by atoms with Crippen molar-refractivity contribution in [3.8, 4) is 0 Å². The fraction of sp³-hybridized carbons (Fsp3) is 0.188. The molecule has 0 radical (unpaired) electrons. The first-order chi connectivity index (χ1) is 9.58. The standard InChI is InChI=1S/C16H15NO3/c1-11-8-9-14(10-17-11)16(19)20-12(2)15(18)13-6-4-3-5-7-13/h3-10,12H,1-2H3. The van der Waals surface area contributed by atoms with Crippen molar-refractivity contribution in [3.05, 3.63) is 65.5 Å². The summed E-state index contributed by atoms with van der Waals surface area (Å²) in [6.07, 6.45) is 0.614. The number of pyridine rings is 1. The molecule has 20 heavy (non-hydrogen) atoms. The summed E-state index contributed by atoms with van der Waals surface area (Å²) in [7, 11) is 0. The lowest BCUT2D eigenvalue weighted by atomic mass is 10.1. The van der Waals surface area contributed by atoms with Gasteiger partial charge in [-0.1, -0.05) is 30.3 Å². The van der Waals surface area contributed by atoms with Crippen molar-refractivity contribution in [2.45, 2.75) is 20.0 Å². The quantitative estimate of drug-likeness (QED) is 0.632. The maximum atomic E-state index is 12.1. The molecule has 1 aromatic carbocycles. The Morgan fingerprint density at radius 2 is 1.75 bits per heavy atom. The minimum Gasteiger partial charge on any atom is -0.451 e. The molecule has 2 aromatic rings. The van der Waals surface area contributed by atoms with Crippen LogP contribution >= 0.6 is 0 Å². The Labute approximate surface area is 117 Å². The van der Waals surface area contributed by atoms with Crippen LogP contribution in [-0.2, 0) is 4.74 Å². The summed E-state index contributed by atoms with van der Waals surface area (Å²) in [5.74, 6) is -0.770. The minimum absolute atomic E-state index is 0.223. The van der Waals surface area contributed by atoms with Crippen molar-refractivity contribution in [3.63, 3.8) is 0 Å². The molecule has 1 unspecified atom stereocenters. The first kappa shape index (κ1) is 13.9. The lowest BCUT2D eigenvalue weighted by Crippen LogP contribution is -2.24. The highest BCUT2D eigenvalue weighted by Gasteiger charge is 2.20. The number of aromatic nitrogens is 1. The predicted octanol–water partition coefficient (Wildman–Crippen LogP) is 2.82. The highest BCUT2D eigenvalue weighted by molar-refractivity contribution is 6.01. The Morgan fingerprint density at radius 3 is 2.35 bits per heavy atom. The van der Waals surface area contributed by atoms with Gasteiger partial charge in [-0.15, -0.1) is 0 Å². The lowest BCUT2D eigenvalue weighted by molar-refractivity contribution is 0.0318. The van der Waals surface area contributed by atoms with Crippen LogP contribution in [-0.4, -0.2) is 22.8 Å². The zero-order valence-corrected chi connectivity index (χ0v) is 11.4. The van der Waals surface area contributed by atoms with Gasteiger partial charge in [0, 0.05) is 17.5 Å². The first-order valence-electron chi connectivity index (χ1n) is 6.31. The first-order valence-corrected chi connectivity index (χ1v) is 6.31. The van der Waals surface area contributed by atoms with Gasteiger partial charge in [-0.25, -0.2) is 4.79 Å². The molecular formula is C16H15NO3. The van der Waals surface area contributed by atoms with Gasteiger partial charge in [-0.3, -0.25) is 9.78 Å². The summed E-state index contributed by atoms with van der Waals surface area (Å²) in [6.45, 7) is 3.39. The molecule has 0 N–H and O–H groups in total. The number of rotatable bonds is 4. The molecule has 0 fully saturated rings. The SMILES string of the molecule is Cc1ccc(C(=O)OC(C)C(=O)c2ccccc2)cn1. The Bertz CT molecular complexity index is 605. The van der Waals surface area contributed by atoms with Crippen LogP contribution in [0.15, 0.2) is 48.7 Å². The van der Waals surface area contributed by atoms with Gasteiger partial charge in [0.1, 0.15) is 0 Å². The number of ketones is 1. The van der Waals surface area contributed by atoms with E-state index in [-0.39, 0.29) is 5.78 Å². The van der Waals surface area contributed by atoms with E-state index in [1.807, 2.05) is 13.0 Å². The fourth-order valence-electron chi connectivity index (χ4n) is 1.71. The van der Waals surface area contributed by atoms with Gasteiger partial charge in [-0.2, -0.15) is 0 Å². The molecule has 0 amide bonds. The zero-order valence-electron chi connectivity index (χ0n) is 11.4. The normalized spacial score (nSPS) is 11.7. The number of hydrogen-bond acceptors (Lipinski definition) is 4. The topological polar surface area (TPSA) is 56.3 Å². The maximum Gasteiger partial charge on any atom is 0.340 e. The summed E-state index contributed by atoms with van der Waals surface area (Å²) in [5, 5.41) is 0. The van der Waals surface area contributed by atoms with E-state index >= 15 is 0 Å². The Kier molecular flexibility index (Phi) is 4.25. The van der Waals surface area contributed by atoms with Crippen molar-refractivity contribution in [2.24, 2.45) is 0 Å². The molecule has 4 heteroatoms. The number of nitrogens with zero attached hydrogens (tertiary/aromatic N) is 1. The largest absolute Gasteiger partial charge is 0.451 e. The highest BCUT2D eigenvalue weighted by atomic mass is 16.5. The number of ether oxygens (including phenoxy) is 1. The van der Waals surface area contributed by atoms with Crippen molar-refractivity contribution in [2.75, 3.05) is 0 Å². The molecule has 1 aromatic heterocycles. The predicted molar refractivity (Wildman–Crippen MR) is 74.6 cm³/mol. The molecule has 1 heterocycles. The number of hydrogen-bond donors (Lipinski definition) is 0. The number of esters is 1. The number of benzene rings is 1. The van der Waals surface area contributed by atoms with Gasteiger partial charge in [0.15, 0.2) is 6.10 Å². The van der Waals surface area contributed by atoms with Crippen molar-refractivity contribution in [1.82, 2.24) is 4.98 Å². The number of aryl methyl sites for hydroxylation is 1. The van der Waals surface area contributed by atoms with Crippen LogP contribution in [0.3, 0.4) is 0 Å². The van der Waals surface area contributed by atoms with Gasteiger partial charge in [-0.05, 0) is 26.0 Å². The van der Waals surface area contributed by atoms with Crippen LogP contribution < -0.4 is 0 Å². The van der Waals surface area contributed by atoms with Crippen LogP contribution in [0.1, 0.15) is 33.3 Å². The Morgan fingerprint density at radius 1 is 1.05 bits per heavy atom. The Hall–Kier alpha value is -2.49. The maximum absolute atomic E-state index is 12.1. The van der Waals surface area contributed by atoms with Gasteiger partial charge < -0.3 is 4.74 Å². The van der Waals surface area contributed by atoms with E-state index in [1.165, 1.54) is 6.20 Å². The van der Waals surface area contributed by atoms with Crippen LogP contribution in [0.2, 0.25) is 0 Å². The average molecular weight is 269 g/mol. The van der Waals surface area contributed by atoms with E-state index in [1.54, 1.807) is 43.3 Å². The van der Waals surface area contributed by atoms with E-state index in [2.05, 4.69) is 4.98 Å². The van der Waals surface area contributed by atoms with E-state index < -0.39 is 12.1 Å². The number of Topliss-reactive ketones (excluding diaryl/α,β-unsaturated/α-hetero) is 1. The zero-order chi connectivity index (χ0) is 14.5. The van der Waals surface area contributed by atoms with Gasteiger partial charge >= 0.3 is 5.97 Å². The van der Waals surface area contributed by atoms with E-state index in [0.717, 1.165) is 5.69 Å². The van der Waals surface area contributed by atoms with Crippen molar-refractivity contribution >= 4 is 11.8 Å². The molecule has 2 rings (SSSR count). The minimum atomic E-state index is -0.828. The Balaban J connectivity index is 2.04. The summed E-state index contributed by atoms with van der Waals surface area (Å²) < 4.78 is 5.16. The molecule has 0 saturated carbocycles. The second kappa shape index (κ2) is 6.10. The molecule has 0 aliphatic carbocycles. The molecule has 0 aliphatic rings. The number of carbonyl (C=O) groups excluding carboxylic acids is 2. The molecule has 0 spiro atoms. The summed E-state index contributed by atoms with van der Waals surface area (Å²) in [6, 6.07) is 12.1. The molecule has 102 valence electrons.